The molecule has 0 aliphatic heterocycles. The van der Waals surface area contributed by atoms with E-state index in [1.54, 1.807) is 0 Å². The molecule has 6 nitrogen and oxygen atoms in total. The van der Waals surface area contributed by atoms with E-state index in [1.165, 1.54) is 4.90 Å². The SMILES string of the molecule is NC(=O)CN(CCCO)CC(N)=O. The molecule has 0 fully saturated rings. The molecule has 2 amide bonds. The molecule has 0 heterocycles. The minimum absolute atomic E-state index is 0.00796. The predicted octanol–water partition coefficient (Wildman–Crippen LogP) is -2.36. The summed E-state index contributed by atoms with van der Waals surface area (Å²) < 4.78 is 0. The molecule has 5 N–H and O–H groups in total. The Morgan fingerprint density at radius 1 is 1.15 bits per heavy atom. The number of aliphatic hydroxyl groups is 1. The van der Waals surface area contributed by atoms with E-state index in [4.69, 9.17) is 16.6 Å². The van der Waals surface area contributed by atoms with Crippen LogP contribution >= 0.6 is 0 Å². The van der Waals surface area contributed by atoms with Gasteiger partial charge in [0.25, 0.3) is 0 Å². The maximum Gasteiger partial charge on any atom is 0.231 e. The van der Waals surface area contributed by atoms with Crippen LogP contribution in [0.4, 0.5) is 0 Å². The summed E-state index contributed by atoms with van der Waals surface area (Å²) in [5, 5.41) is 8.52. The number of carbonyl (C=O) groups is 2. The van der Waals surface area contributed by atoms with Gasteiger partial charge < -0.3 is 16.6 Å². The highest BCUT2D eigenvalue weighted by atomic mass is 16.3. The molecule has 0 unspecified atom stereocenters. The molecule has 13 heavy (non-hydrogen) atoms. The maximum absolute atomic E-state index is 10.5. The Balaban J connectivity index is 3.87. The lowest BCUT2D eigenvalue weighted by Gasteiger charge is -2.17. The summed E-state index contributed by atoms with van der Waals surface area (Å²) in [6, 6.07) is 0. The number of nitrogens with zero attached hydrogens (tertiary/aromatic N) is 1. The Kier molecular flexibility index (Phi) is 5.82. The summed E-state index contributed by atoms with van der Waals surface area (Å²) in [4.78, 5) is 22.5. The molecule has 6 heteroatoms. The fraction of sp³-hybridized carbons (Fsp3) is 0.714. The van der Waals surface area contributed by atoms with Crippen LogP contribution in [0, 0.1) is 0 Å². The van der Waals surface area contributed by atoms with Crippen molar-refractivity contribution in [3.63, 3.8) is 0 Å². The Bertz CT molecular complexity index is 168. The molecule has 0 rings (SSSR count). The van der Waals surface area contributed by atoms with Crippen molar-refractivity contribution in [3.8, 4) is 0 Å². The highest BCUT2D eigenvalue weighted by molar-refractivity contribution is 5.79. The van der Waals surface area contributed by atoms with Gasteiger partial charge in [0.15, 0.2) is 0 Å². The minimum atomic E-state index is -0.515. The fourth-order valence-electron chi connectivity index (χ4n) is 0.949. The van der Waals surface area contributed by atoms with Crippen molar-refractivity contribution in [2.24, 2.45) is 11.5 Å². The van der Waals surface area contributed by atoms with Crippen LogP contribution < -0.4 is 11.5 Å². The molecule has 0 aliphatic rings. The summed E-state index contributed by atoms with van der Waals surface area (Å²) in [6.45, 7) is 0.419. The molecule has 0 saturated heterocycles. The lowest BCUT2D eigenvalue weighted by Crippen LogP contribution is -2.40. The quantitative estimate of drug-likeness (QED) is 0.416. The number of rotatable bonds is 7. The van der Waals surface area contributed by atoms with Gasteiger partial charge in [-0.3, -0.25) is 14.5 Å². The van der Waals surface area contributed by atoms with Gasteiger partial charge in [-0.1, -0.05) is 0 Å². The smallest absolute Gasteiger partial charge is 0.231 e. The highest BCUT2D eigenvalue weighted by Gasteiger charge is 2.09. The molecule has 0 spiro atoms. The summed E-state index contributed by atoms with van der Waals surface area (Å²) in [5.74, 6) is -1.03. The van der Waals surface area contributed by atoms with Gasteiger partial charge in [0.05, 0.1) is 13.1 Å². The van der Waals surface area contributed by atoms with Crippen LogP contribution in [0.5, 0.6) is 0 Å². The fourth-order valence-corrected chi connectivity index (χ4v) is 0.949. The third-order valence-electron chi connectivity index (χ3n) is 1.39. The van der Waals surface area contributed by atoms with E-state index < -0.39 is 11.8 Å². The first kappa shape index (κ1) is 11.9. The van der Waals surface area contributed by atoms with Crippen molar-refractivity contribution in [2.75, 3.05) is 26.2 Å². The molecule has 0 aromatic carbocycles. The molecule has 0 radical (unpaired) electrons. The zero-order valence-corrected chi connectivity index (χ0v) is 7.40. The summed E-state index contributed by atoms with van der Waals surface area (Å²) in [7, 11) is 0. The van der Waals surface area contributed by atoms with Crippen molar-refractivity contribution in [1.82, 2.24) is 4.90 Å². The van der Waals surface area contributed by atoms with Crippen LogP contribution in [0.3, 0.4) is 0 Å². The van der Waals surface area contributed by atoms with E-state index >= 15 is 0 Å². The number of primary amides is 2. The van der Waals surface area contributed by atoms with Gasteiger partial charge in [0, 0.05) is 13.2 Å². The molecule has 0 atom stereocenters. The normalized spacial score (nSPS) is 10.3. The zero-order valence-electron chi connectivity index (χ0n) is 7.40. The third-order valence-corrected chi connectivity index (χ3v) is 1.39. The topological polar surface area (TPSA) is 110 Å². The zero-order chi connectivity index (χ0) is 10.3. The van der Waals surface area contributed by atoms with Crippen molar-refractivity contribution in [2.45, 2.75) is 6.42 Å². The van der Waals surface area contributed by atoms with Gasteiger partial charge in [-0.15, -0.1) is 0 Å². The number of nitrogens with two attached hydrogens (primary N) is 2. The van der Waals surface area contributed by atoms with Gasteiger partial charge in [-0.05, 0) is 6.42 Å². The maximum atomic E-state index is 10.5. The van der Waals surface area contributed by atoms with Crippen molar-refractivity contribution in [1.29, 1.82) is 0 Å². The van der Waals surface area contributed by atoms with E-state index in [-0.39, 0.29) is 19.7 Å². The second-order valence-electron chi connectivity index (χ2n) is 2.72. The predicted molar refractivity (Wildman–Crippen MR) is 46.5 cm³/mol. The minimum Gasteiger partial charge on any atom is -0.396 e. The summed E-state index contributed by atoms with van der Waals surface area (Å²) in [5.41, 5.74) is 9.89. The molecule has 0 aliphatic carbocycles. The number of hydrogen-bond acceptors (Lipinski definition) is 4. The van der Waals surface area contributed by atoms with E-state index in [0.29, 0.717) is 13.0 Å². The van der Waals surface area contributed by atoms with Gasteiger partial charge in [0.2, 0.25) is 11.8 Å². The molecule has 0 aromatic rings. The van der Waals surface area contributed by atoms with Gasteiger partial charge in [0.1, 0.15) is 0 Å². The number of hydrogen-bond donors (Lipinski definition) is 3. The van der Waals surface area contributed by atoms with Crippen LogP contribution in [0.1, 0.15) is 6.42 Å². The lowest BCUT2D eigenvalue weighted by atomic mass is 10.3. The molecule has 0 aromatic heterocycles. The van der Waals surface area contributed by atoms with Crippen LogP contribution in [-0.2, 0) is 9.59 Å². The average molecular weight is 189 g/mol. The van der Waals surface area contributed by atoms with E-state index in [9.17, 15) is 9.59 Å². The highest BCUT2D eigenvalue weighted by Crippen LogP contribution is 1.89. The van der Waals surface area contributed by atoms with E-state index in [1.807, 2.05) is 0 Å². The number of aliphatic hydroxyl groups excluding tert-OH is 1. The molecule has 0 saturated carbocycles. The Hall–Kier alpha value is -1.14. The lowest BCUT2D eigenvalue weighted by molar-refractivity contribution is -0.121. The Morgan fingerprint density at radius 3 is 1.92 bits per heavy atom. The standard InChI is InChI=1S/C7H15N3O3/c8-6(12)4-10(2-1-3-11)5-7(9)13/h11H,1-5H2,(H2,8,12)(H2,9,13). The second-order valence-corrected chi connectivity index (χ2v) is 2.72. The van der Waals surface area contributed by atoms with Crippen LogP contribution in [0.15, 0.2) is 0 Å². The molecular formula is C7H15N3O3. The summed E-state index contributed by atoms with van der Waals surface area (Å²) >= 11 is 0. The van der Waals surface area contributed by atoms with Gasteiger partial charge >= 0.3 is 0 Å². The number of carbonyl (C=O) groups excluding carboxylic acids is 2. The first-order valence-corrected chi connectivity index (χ1v) is 3.96. The molecule has 0 bridgehead atoms. The van der Waals surface area contributed by atoms with Crippen LogP contribution in [0.25, 0.3) is 0 Å². The van der Waals surface area contributed by atoms with Crippen LogP contribution in [-0.4, -0.2) is 48.1 Å². The van der Waals surface area contributed by atoms with Gasteiger partial charge in [-0.2, -0.15) is 0 Å². The average Bonchev–Trinajstić information content (AvgIpc) is 1.98. The molecular weight excluding hydrogens is 174 g/mol. The molecule has 76 valence electrons. The van der Waals surface area contributed by atoms with E-state index in [0.717, 1.165) is 0 Å². The monoisotopic (exact) mass is 189 g/mol. The van der Waals surface area contributed by atoms with Crippen molar-refractivity contribution in [3.05, 3.63) is 0 Å². The van der Waals surface area contributed by atoms with E-state index in [2.05, 4.69) is 0 Å². The first-order chi connectivity index (χ1) is 6.06. The summed E-state index contributed by atoms with van der Waals surface area (Å²) in [6.07, 6.45) is 0.487. The van der Waals surface area contributed by atoms with Crippen LogP contribution in [0.2, 0.25) is 0 Å². The first-order valence-electron chi connectivity index (χ1n) is 3.96. The Labute approximate surface area is 76.5 Å². The number of amides is 2. The van der Waals surface area contributed by atoms with Crippen molar-refractivity contribution >= 4 is 11.8 Å². The largest absolute Gasteiger partial charge is 0.396 e. The third kappa shape index (κ3) is 7.23. The Morgan fingerprint density at radius 2 is 1.62 bits per heavy atom. The van der Waals surface area contributed by atoms with Crippen molar-refractivity contribution < 1.29 is 14.7 Å². The second kappa shape index (κ2) is 6.38. The van der Waals surface area contributed by atoms with Gasteiger partial charge in [-0.25, -0.2) is 0 Å².